The molecule has 2 unspecified atom stereocenters. The van der Waals surface area contributed by atoms with Gasteiger partial charge < -0.3 is 5.32 Å². The van der Waals surface area contributed by atoms with Gasteiger partial charge in [-0.25, -0.2) is 8.42 Å². The normalized spacial score (nSPS) is 29.4. The van der Waals surface area contributed by atoms with Gasteiger partial charge in [0.1, 0.15) is 4.90 Å². The van der Waals surface area contributed by atoms with Crippen molar-refractivity contribution in [2.75, 3.05) is 26.2 Å². The van der Waals surface area contributed by atoms with E-state index < -0.39 is 10.0 Å². The zero-order chi connectivity index (χ0) is 12.8. The molecule has 2 aliphatic heterocycles. The van der Waals surface area contributed by atoms with Crippen LogP contribution in [0.5, 0.6) is 0 Å². The minimum Gasteiger partial charge on any atom is -0.316 e. The third-order valence-electron chi connectivity index (χ3n) is 3.78. The van der Waals surface area contributed by atoms with Crippen LogP contribution in [0, 0.1) is 11.8 Å². The summed E-state index contributed by atoms with van der Waals surface area (Å²) >= 11 is 0. The Bertz CT molecular complexity index is 527. The molecule has 0 aliphatic carbocycles. The van der Waals surface area contributed by atoms with Crippen molar-refractivity contribution in [1.82, 2.24) is 19.4 Å². The predicted molar refractivity (Wildman–Crippen MR) is 66.4 cm³/mol. The first kappa shape index (κ1) is 12.1. The van der Waals surface area contributed by atoms with E-state index in [9.17, 15) is 8.42 Å². The third-order valence-corrected chi connectivity index (χ3v) is 5.56. The Morgan fingerprint density at radius 3 is 2.56 bits per heavy atom. The molecule has 1 aromatic heterocycles. The molecule has 0 aromatic carbocycles. The lowest BCUT2D eigenvalue weighted by molar-refractivity contribution is 0.158. The largest absolute Gasteiger partial charge is 0.316 e. The summed E-state index contributed by atoms with van der Waals surface area (Å²) in [4.78, 5) is 0.304. The Balaban J connectivity index is 1.86. The number of nitrogens with one attached hydrogen (secondary N) is 1. The van der Waals surface area contributed by atoms with Crippen LogP contribution in [0.15, 0.2) is 17.3 Å². The zero-order valence-corrected chi connectivity index (χ0v) is 11.2. The summed E-state index contributed by atoms with van der Waals surface area (Å²) in [5.74, 6) is 0.896. The SMILES string of the molecule is Cn1cc(S(=O)(=O)N2CC3CNCC(C3)C2)cn1. The monoisotopic (exact) mass is 270 g/mol. The smallest absolute Gasteiger partial charge is 0.246 e. The average molecular weight is 270 g/mol. The van der Waals surface area contributed by atoms with Crippen molar-refractivity contribution in [2.24, 2.45) is 18.9 Å². The Hall–Kier alpha value is -0.920. The first-order valence-corrected chi connectivity index (χ1v) is 7.69. The molecule has 1 aromatic rings. The van der Waals surface area contributed by atoms with Crippen molar-refractivity contribution in [2.45, 2.75) is 11.3 Å². The molecule has 2 aliphatic rings. The zero-order valence-electron chi connectivity index (χ0n) is 10.4. The second-order valence-electron chi connectivity index (χ2n) is 5.30. The van der Waals surface area contributed by atoms with Gasteiger partial charge in [0.25, 0.3) is 0 Å². The maximum absolute atomic E-state index is 12.5. The molecule has 0 saturated carbocycles. The number of nitrogens with zero attached hydrogens (tertiary/aromatic N) is 3. The van der Waals surface area contributed by atoms with Gasteiger partial charge in [0, 0.05) is 26.3 Å². The molecule has 3 rings (SSSR count). The van der Waals surface area contributed by atoms with E-state index in [1.165, 1.54) is 10.9 Å². The molecule has 100 valence electrons. The molecule has 2 bridgehead atoms. The standard InChI is InChI=1S/C11H18N4O2S/c1-14-8-11(5-13-14)18(16,17)15-6-9-2-10(7-15)4-12-3-9/h5,8-10,12H,2-4,6-7H2,1H3. The highest BCUT2D eigenvalue weighted by molar-refractivity contribution is 7.89. The minimum atomic E-state index is -3.36. The van der Waals surface area contributed by atoms with Gasteiger partial charge in [-0.15, -0.1) is 0 Å². The van der Waals surface area contributed by atoms with Gasteiger partial charge >= 0.3 is 0 Å². The van der Waals surface area contributed by atoms with Gasteiger partial charge in [-0.05, 0) is 31.3 Å². The molecule has 7 heteroatoms. The Kier molecular flexibility index (Phi) is 2.91. The minimum absolute atomic E-state index is 0.304. The molecular formula is C11H18N4O2S. The number of rotatable bonds is 2. The maximum Gasteiger partial charge on any atom is 0.246 e. The first-order chi connectivity index (χ1) is 8.55. The summed E-state index contributed by atoms with van der Waals surface area (Å²) in [6, 6.07) is 0. The topological polar surface area (TPSA) is 67.2 Å². The summed E-state index contributed by atoms with van der Waals surface area (Å²) < 4.78 is 28.1. The van der Waals surface area contributed by atoms with Gasteiger partial charge in [-0.2, -0.15) is 9.40 Å². The van der Waals surface area contributed by atoms with Crippen molar-refractivity contribution < 1.29 is 8.42 Å². The maximum atomic E-state index is 12.5. The van der Waals surface area contributed by atoms with Crippen LogP contribution in [0.3, 0.4) is 0 Å². The Morgan fingerprint density at radius 1 is 1.33 bits per heavy atom. The lowest BCUT2D eigenvalue weighted by Gasteiger charge is -2.40. The van der Waals surface area contributed by atoms with Crippen LogP contribution in [0.25, 0.3) is 0 Å². The van der Waals surface area contributed by atoms with Crippen molar-refractivity contribution in [3.8, 4) is 0 Å². The molecule has 1 N–H and O–H groups in total. The number of hydrogen-bond donors (Lipinski definition) is 1. The Labute approximate surface area is 107 Å². The summed E-state index contributed by atoms with van der Waals surface area (Å²) in [7, 11) is -1.63. The molecule has 3 heterocycles. The lowest BCUT2D eigenvalue weighted by atomic mass is 9.87. The molecule has 6 nitrogen and oxygen atoms in total. The number of piperidine rings is 2. The van der Waals surface area contributed by atoms with Crippen LogP contribution >= 0.6 is 0 Å². The summed E-state index contributed by atoms with van der Waals surface area (Å²) in [6.07, 6.45) is 4.14. The van der Waals surface area contributed by atoms with Gasteiger partial charge in [-0.3, -0.25) is 4.68 Å². The van der Waals surface area contributed by atoms with Gasteiger partial charge in [0.15, 0.2) is 0 Å². The molecule has 18 heavy (non-hydrogen) atoms. The number of hydrogen-bond acceptors (Lipinski definition) is 4. The van der Waals surface area contributed by atoms with Crippen LogP contribution < -0.4 is 5.32 Å². The number of sulfonamides is 1. The summed E-state index contributed by atoms with van der Waals surface area (Å²) in [6.45, 7) is 3.10. The summed E-state index contributed by atoms with van der Waals surface area (Å²) in [5.41, 5.74) is 0. The van der Waals surface area contributed by atoms with E-state index in [4.69, 9.17) is 0 Å². The highest BCUT2D eigenvalue weighted by Crippen LogP contribution is 2.28. The molecule has 2 saturated heterocycles. The van der Waals surface area contributed by atoms with Crippen LogP contribution in [0.4, 0.5) is 0 Å². The van der Waals surface area contributed by atoms with E-state index in [0.717, 1.165) is 19.5 Å². The van der Waals surface area contributed by atoms with Crippen LogP contribution in [-0.4, -0.2) is 48.7 Å². The molecule has 2 atom stereocenters. The fourth-order valence-electron chi connectivity index (χ4n) is 2.94. The number of aromatic nitrogens is 2. The van der Waals surface area contributed by atoms with E-state index in [1.54, 1.807) is 17.5 Å². The number of fused-ring (bicyclic) bond motifs is 2. The Morgan fingerprint density at radius 2 is 2.00 bits per heavy atom. The molecule has 2 fully saturated rings. The average Bonchev–Trinajstić information content (AvgIpc) is 2.76. The van der Waals surface area contributed by atoms with E-state index in [2.05, 4.69) is 10.4 Å². The summed E-state index contributed by atoms with van der Waals surface area (Å²) in [5, 5.41) is 7.31. The third kappa shape index (κ3) is 2.06. The van der Waals surface area contributed by atoms with E-state index >= 15 is 0 Å². The molecule has 0 spiro atoms. The second kappa shape index (κ2) is 4.32. The van der Waals surface area contributed by atoms with Gasteiger partial charge in [0.05, 0.1) is 6.20 Å². The van der Waals surface area contributed by atoms with Crippen molar-refractivity contribution in [1.29, 1.82) is 0 Å². The molecular weight excluding hydrogens is 252 g/mol. The van der Waals surface area contributed by atoms with Crippen molar-refractivity contribution in [3.05, 3.63) is 12.4 Å². The van der Waals surface area contributed by atoms with Crippen LogP contribution in [0.1, 0.15) is 6.42 Å². The fourth-order valence-corrected chi connectivity index (χ4v) is 4.51. The second-order valence-corrected chi connectivity index (χ2v) is 7.24. The predicted octanol–water partition coefficient (Wildman–Crippen LogP) is -0.350. The molecule has 0 radical (unpaired) electrons. The van der Waals surface area contributed by atoms with E-state index in [1.807, 2.05) is 0 Å². The first-order valence-electron chi connectivity index (χ1n) is 6.25. The van der Waals surface area contributed by atoms with Crippen LogP contribution in [-0.2, 0) is 17.1 Å². The highest BCUT2D eigenvalue weighted by atomic mass is 32.2. The quantitative estimate of drug-likeness (QED) is 0.797. The van der Waals surface area contributed by atoms with Crippen molar-refractivity contribution >= 4 is 10.0 Å². The fraction of sp³-hybridized carbons (Fsp3) is 0.727. The van der Waals surface area contributed by atoms with E-state index in [0.29, 0.717) is 29.8 Å². The highest BCUT2D eigenvalue weighted by Gasteiger charge is 2.37. The van der Waals surface area contributed by atoms with Crippen LogP contribution in [0.2, 0.25) is 0 Å². The lowest BCUT2D eigenvalue weighted by Crippen LogP contribution is -2.52. The van der Waals surface area contributed by atoms with Gasteiger partial charge in [-0.1, -0.05) is 0 Å². The number of aryl methyl sites for hydroxylation is 1. The molecule has 0 amide bonds. The van der Waals surface area contributed by atoms with Crippen molar-refractivity contribution in [3.63, 3.8) is 0 Å². The van der Waals surface area contributed by atoms with E-state index in [-0.39, 0.29) is 0 Å². The van der Waals surface area contributed by atoms with Gasteiger partial charge in [0.2, 0.25) is 10.0 Å².